The number of alkyl halides is 1. The molecular weight excluding hydrogens is 278 g/mol. The average molecular weight is 292 g/mol. The second-order valence-electron chi connectivity index (χ2n) is 4.69. The Balaban J connectivity index is 2.16. The average Bonchev–Trinajstić information content (AvgIpc) is 2.85. The molecule has 1 aromatic heterocycles. The second-order valence-corrected chi connectivity index (χ2v) is 6.18. The van der Waals surface area contributed by atoms with Gasteiger partial charge in [-0.1, -0.05) is 0 Å². The van der Waals surface area contributed by atoms with E-state index < -0.39 is 0 Å². The molecule has 0 atom stereocenters. The molecule has 0 saturated carbocycles. The van der Waals surface area contributed by atoms with Crippen molar-refractivity contribution in [2.75, 3.05) is 11.5 Å². The second kappa shape index (κ2) is 5.44. The van der Waals surface area contributed by atoms with Crippen LogP contribution in [-0.2, 0) is 5.88 Å². The molecule has 3 nitrogen and oxygen atoms in total. The number of nitrogens with zero attached hydrogens (tertiary/aromatic N) is 3. The summed E-state index contributed by atoms with van der Waals surface area (Å²) >= 11 is 8.05. The van der Waals surface area contributed by atoms with E-state index in [1.807, 2.05) is 30.0 Å². The Bertz CT molecular complexity index is 638. The molecule has 0 radical (unpaired) electrons. The monoisotopic (exact) mass is 291 g/mol. The van der Waals surface area contributed by atoms with E-state index in [-0.39, 0.29) is 0 Å². The number of nitriles is 1. The molecule has 1 aromatic carbocycles. The lowest BCUT2D eigenvalue weighted by atomic mass is 10.1. The number of imidazole rings is 1. The van der Waals surface area contributed by atoms with Gasteiger partial charge in [0.2, 0.25) is 0 Å². The number of thioether (sulfide) groups is 1. The molecule has 0 aliphatic carbocycles. The third-order valence-electron chi connectivity index (χ3n) is 3.57. The van der Waals surface area contributed by atoms with E-state index in [1.165, 1.54) is 11.5 Å². The number of halogens is 1. The molecule has 0 spiro atoms. The van der Waals surface area contributed by atoms with E-state index in [4.69, 9.17) is 16.9 Å². The van der Waals surface area contributed by atoms with Gasteiger partial charge in [-0.3, -0.25) is 0 Å². The molecule has 2 heterocycles. The highest BCUT2D eigenvalue weighted by molar-refractivity contribution is 7.99. The zero-order valence-corrected chi connectivity index (χ0v) is 12.0. The van der Waals surface area contributed by atoms with E-state index in [0.717, 1.165) is 29.7 Å². The van der Waals surface area contributed by atoms with Crippen LogP contribution in [0, 0.1) is 11.3 Å². The van der Waals surface area contributed by atoms with Crippen molar-refractivity contribution in [2.45, 2.75) is 24.8 Å². The molecule has 98 valence electrons. The highest BCUT2D eigenvalue weighted by Crippen LogP contribution is 2.32. The summed E-state index contributed by atoms with van der Waals surface area (Å²) in [5.41, 5.74) is 2.67. The van der Waals surface area contributed by atoms with Crippen molar-refractivity contribution in [3.63, 3.8) is 0 Å². The fourth-order valence-corrected chi connectivity index (χ4v) is 3.93. The molecule has 0 amide bonds. The molecule has 5 heteroatoms. The predicted molar refractivity (Wildman–Crippen MR) is 79.6 cm³/mol. The van der Waals surface area contributed by atoms with Crippen molar-refractivity contribution < 1.29 is 0 Å². The number of fused-ring (bicyclic) bond motifs is 1. The van der Waals surface area contributed by atoms with Crippen LogP contribution >= 0.6 is 23.4 Å². The summed E-state index contributed by atoms with van der Waals surface area (Å²) in [7, 11) is 0. The van der Waals surface area contributed by atoms with E-state index in [2.05, 4.69) is 15.6 Å². The number of rotatable bonds is 2. The highest BCUT2D eigenvalue weighted by Gasteiger charge is 2.21. The molecule has 1 aliphatic heterocycles. The van der Waals surface area contributed by atoms with E-state index >= 15 is 0 Å². The summed E-state index contributed by atoms with van der Waals surface area (Å²) in [6.07, 6.45) is 2.30. The van der Waals surface area contributed by atoms with Crippen molar-refractivity contribution in [1.29, 1.82) is 5.26 Å². The minimum absolute atomic E-state index is 0.417. The molecule has 19 heavy (non-hydrogen) atoms. The third-order valence-corrected chi connectivity index (χ3v) is 4.85. The number of benzene rings is 1. The molecule has 1 fully saturated rings. The Kier molecular flexibility index (Phi) is 3.67. The van der Waals surface area contributed by atoms with Crippen LogP contribution in [0.2, 0.25) is 0 Å². The summed E-state index contributed by atoms with van der Waals surface area (Å²) in [5, 5.41) is 9.05. The number of hydrogen-bond donors (Lipinski definition) is 0. The Hall–Kier alpha value is -1.18. The van der Waals surface area contributed by atoms with Gasteiger partial charge in [-0.05, 0) is 42.5 Å². The van der Waals surface area contributed by atoms with Crippen LogP contribution < -0.4 is 0 Å². The Morgan fingerprint density at radius 1 is 1.42 bits per heavy atom. The first-order valence-electron chi connectivity index (χ1n) is 6.38. The largest absolute Gasteiger partial charge is 0.324 e. The lowest BCUT2D eigenvalue weighted by Crippen LogP contribution is -2.17. The van der Waals surface area contributed by atoms with E-state index in [0.29, 0.717) is 17.5 Å². The first-order valence-corrected chi connectivity index (χ1v) is 8.07. The maximum atomic E-state index is 9.05. The van der Waals surface area contributed by atoms with Crippen molar-refractivity contribution in [2.24, 2.45) is 0 Å². The smallest absolute Gasteiger partial charge is 0.125 e. The van der Waals surface area contributed by atoms with Crippen molar-refractivity contribution >= 4 is 34.4 Å². The van der Waals surface area contributed by atoms with Crippen LogP contribution in [0.1, 0.15) is 30.3 Å². The Morgan fingerprint density at radius 3 is 2.89 bits per heavy atom. The first-order chi connectivity index (χ1) is 9.33. The molecule has 0 unspecified atom stereocenters. The van der Waals surface area contributed by atoms with Crippen LogP contribution in [0.3, 0.4) is 0 Å². The zero-order valence-electron chi connectivity index (χ0n) is 10.5. The van der Waals surface area contributed by atoms with E-state index in [9.17, 15) is 0 Å². The van der Waals surface area contributed by atoms with E-state index in [1.54, 1.807) is 0 Å². The van der Waals surface area contributed by atoms with Gasteiger partial charge in [0.25, 0.3) is 0 Å². The topological polar surface area (TPSA) is 41.6 Å². The number of hydrogen-bond acceptors (Lipinski definition) is 3. The molecule has 0 bridgehead atoms. The predicted octanol–water partition coefficient (Wildman–Crippen LogP) is 3.71. The van der Waals surface area contributed by atoms with Crippen LogP contribution in [0.4, 0.5) is 0 Å². The van der Waals surface area contributed by atoms with Gasteiger partial charge in [-0.25, -0.2) is 4.98 Å². The first kappa shape index (κ1) is 12.8. The fraction of sp³-hybridized carbons (Fsp3) is 0.429. The molecule has 2 aromatic rings. The van der Waals surface area contributed by atoms with Gasteiger partial charge >= 0.3 is 0 Å². The van der Waals surface area contributed by atoms with Gasteiger partial charge in [0.15, 0.2) is 0 Å². The summed E-state index contributed by atoms with van der Waals surface area (Å²) in [6.45, 7) is 0. The third kappa shape index (κ3) is 2.33. The Labute approximate surface area is 121 Å². The maximum absolute atomic E-state index is 9.05. The molecule has 1 saturated heterocycles. The molecule has 0 N–H and O–H groups in total. The van der Waals surface area contributed by atoms with Gasteiger partial charge in [0, 0.05) is 6.04 Å². The van der Waals surface area contributed by atoms with Gasteiger partial charge in [-0.2, -0.15) is 17.0 Å². The molecule has 3 rings (SSSR count). The van der Waals surface area contributed by atoms with Crippen molar-refractivity contribution in [3.05, 3.63) is 29.6 Å². The van der Waals surface area contributed by atoms with Crippen LogP contribution in [0.15, 0.2) is 18.2 Å². The molecular formula is C14H14ClN3S. The summed E-state index contributed by atoms with van der Waals surface area (Å²) < 4.78 is 2.25. The lowest BCUT2D eigenvalue weighted by Gasteiger charge is -2.25. The minimum atomic E-state index is 0.417. The standard InChI is InChI=1S/C14H14ClN3S/c15-8-14-17-12-2-1-10(9-16)7-13(12)18(14)11-3-5-19-6-4-11/h1-2,7,11H,3-6,8H2. The summed E-state index contributed by atoms with van der Waals surface area (Å²) in [4.78, 5) is 4.60. The van der Waals surface area contributed by atoms with Gasteiger partial charge in [0.1, 0.15) is 5.82 Å². The molecule has 1 aliphatic rings. The van der Waals surface area contributed by atoms with Gasteiger partial charge in [-0.15, -0.1) is 11.6 Å². The van der Waals surface area contributed by atoms with Crippen molar-refractivity contribution in [1.82, 2.24) is 9.55 Å². The van der Waals surface area contributed by atoms with Crippen molar-refractivity contribution in [3.8, 4) is 6.07 Å². The normalized spacial score (nSPS) is 16.6. The van der Waals surface area contributed by atoms with Crippen LogP contribution in [0.25, 0.3) is 11.0 Å². The number of aromatic nitrogens is 2. The highest BCUT2D eigenvalue weighted by atomic mass is 35.5. The quantitative estimate of drug-likeness (QED) is 0.792. The lowest BCUT2D eigenvalue weighted by molar-refractivity contribution is 0.470. The van der Waals surface area contributed by atoms with Gasteiger partial charge < -0.3 is 4.57 Å². The van der Waals surface area contributed by atoms with Gasteiger partial charge in [0.05, 0.1) is 28.5 Å². The summed E-state index contributed by atoms with van der Waals surface area (Å²) in [5.74, 6) is 3.71. The maximum Gasteiger partial charge on any atom is 0.125 e. The van der Waals surface area contributed by atoms with Crippen LogP contribution in [-0.4, -0.2) is 21.1 Å². The zero-order chi connectivity index (χ0) is 13.2. The van der Waals surface area contributed by atoms with Crippen LogP contribution in [0.5, 0.6) is 0 Å². The SMILES string of the molecule is N#Cc1ccc2nc(CCl)n(C3CCSCC3)c2c1. The Morgan fingerprint density at radius 2 is 2.21 bits per heavy atom. The fourth-order valence-electron chi connectivity index (χ4n) is 2.66. The summed E-state index contributed by atoms with van der Waals surface area (Å²) in [6, 6.07) is 8.32. The minimum Gasteiger partial charge on any atom is -0.324 e.